The Morgan fingerprint density at radius 2 is 2.05 bits per heavy atom. The molecule has 0 saturated heterocycles. The zero-order valence-corrected chi connectivity index (χ0v) is 11.1. The molecule has 0 radical (unpaired) electrons. The second-order valence-corrected chi connectivity index (χ2v) is 4.73. The lowest BCUT2D eigenvalue weighted by Gasteiger charge is -2.10. The molecule has 19 heavy (non-hydrogen) atoms. The molecule has 0 amide bonds. The van der Waals surface area contributed by atoms with Gasteiger partial charge in [-0.25, -0.2) is 0 Å². The van der Waals surface area contributed by atoms with Crippen LogP contribution >= 0.6 is 11.6 Å². The number of H-pyrrole nitrogens is 1. The number of nitrogens with one attached hydrogen (secondary N) is 1. The highest BCUT2D eigenvalue weighted by atomic mass is 35.5. The molecule has 0 fully saturated rings. The van der Waals surface area contributed by atoms with E-state index in [2.05, 4.69) is 9.97 Å². The molecule has 100 valence electrons. The van der Waals surface area contributed by atoms with Crippen LogP contribution in [0.2, 0.25) is 5.02 Å². The zero-order chi connectivity index (χ0) is 14.0. The van der Waals surface area contributed by atoms with Crippen LogP contribution in [0.15, 0.2) is 29.1 Å². The summed E-state index contributed by atoms with van der Waals surface area (Å²) in [6.45, 7) is 2.16. The Morgan fingerprint density at radius 3 is 2.58 bits per heavy atom. The van der Waals surface area contributed by atoms with Gasteiger partial charge in [0, 0.05) is 17.5 Å². The molecule has 0 aliphatic carbocycles. The molecular formula is C13H14ClN3O2. The Labute approximate surface area is 115 Å². The van der Waals surface area contributed by atoms with Crippen molar-refractivity contribution in [3.8, 4) is 17.0 Å². The van der Waals surface area contributed by atoms with E-state index >= 15 is 0 Å². The minimum absolute atomic E-state index is 0.127. The van der Waals surface area contributed by atoms with E-state index in [0.717, 1.165) is 0 Å². The summed E-state index contributed by atoms with van der Waals surface area (Å²) >= 11 is 5.79. The van der Waals surface area contributed by atoms with Crippen LogP contribution in [0.25, 0.3) is 11.1 Å². The maximum Gasteiger partial charge on any atom is 0.262 e. The first kappa shape index (κ1) is 13.6. The second kappa shape index (κ2) is 5.42. The quantitative estimate of drug-likeness (QED) is 0.799. The third kappa shape index (κ3) is 2.77. The lowest BCUT2D eigenvalue weighted by atomic mass is 10.1. The van der Waals surface area contributed by atoms with Crippen molar-refractivity contribution < 1.29 is 5.11 Å². The monoisotopic (exact) mass is 279 g/mol. The molecule has 0 aliphatic rings. The van der Waals surface area contributed by atoms with Crippen LogP contribution in [0.5, 0.6) is 5.88 Å². The summed E-state index contributed by atoms with van der Waals surface area (Å²) in [6.07, 6.45) is 0. The topological polar surface area (TPSA) is 92.0 Å². The lowest BCUT2D eigenvalue weighted by molar-refractivity contribution is 0.447. The number of halogens is 1. The fraction of sp³-hybridized carbons (Fsp3) is 0.231. The molecule has 0 aliphatic heterocycles. The average molecular weight is 280 g/mol. The molecule has 1 aromatic heterocycles. The molecule has 6 heteroatoms. The van der Waals surface area contributed by atoms with Crippen LogP contribution in [-0.4, -0.2) is 21.6 Å². The van der Waals surface area contributed by atoms with Crippen molar-refractivity contribution in [2.75, 3.05) is 6.54 Å². The summed E-state index contributed by atoms with van der Waals surface area (Å²) in [5, 5.41) is 10.5. The molecule has 0 saturated carbocycles. The van der Waals surface area contributed by atoms with Gasteiger partial charge in [0.2, 0.25) is 5.88 Å². The maximum absolute atomic E-state index is 12.0. The Kier molecular flexibility index (Phi) is 3.87. The standard InChI is InChI=1S/C13H14ClN3O2/c1-7(6-15)11-16-12(18)10(13(19)17-11)8-2-4-9(14)5-3-8/h2-5,7H,6,15H2,1H3,(H2,16,17,18,19). The van der Waals surface area contributed by atoms with Crippen molar-refractivity contribution >= 4 is 11.6 Å². The summed E-state index contributed by atoms with van der Waals surface area (Å²) < 4.78 is 0. The van der Waals surface area contributed by atoms with E-state index in [1.165, 1.54) is 0 Å². The van der Waals surface area contributed by atoms with Crippen molar-refractivity contribution in [1.82, 2.24) is 9.97 Å². The van der Waals surface area contributed by atoms with Crippen molar-refractivity contribution in [2.45, 2.75) is 12.8 Å². The van der Waals surface area contributed by atoms with Gasteiger partial charge in [-0.15, -0.1) is 0 Å². The van der Waals surface area contributed by atoms with Gasteiger partial charge in [0.15, 0.2) is 0 Å². The summed E-state index contributed by atoms with van der Waals surface area (Å²) in [6, 6.07) is 6.60. The van der Waals surface area contributed by atoms with E-state index in [1.807, 2.05) is 6.92 Å². The summed E-state index contributed by atoms with van der Waals surface area (Å²) in [7, 11) is 0. The molecule has 1 unspecified atom stereocenters. The number of aromatic amines is 1. The average Bonchev–Trinajstić information content (AvgIpc) is 2.39. The highest BCUT2D eigenvalue weighted by molar-refractivity contribution is 6.30. The van der Waals surface area contributed by atoms with Crippen molar-refractivity contribution in [3.05, 3.63) is 45.5 Å². The smallest absolute Gasteiger partial charge is 0.262 e. The van der Waals surface area contributed by atoms with Gasteiger partial charge in [-0.2, -0.15) is 4.98 Å². The molecule has 1 heterocycles. The summed E-state index contributed by atoms with van der Waals surface area (Å²) in [5.74, 6) is -0.0537. The predicted octanol–water partition coefficient (Wildman–Crippen LogP) is 1.86. The fourth-order valence-corrected chi connectivity index (χ4v) is 1.83. The van der Waals surface area contributed by atoms with Gasteiger partial charge in [-0.3, -0.25) is 4.79 Å². The lowest BCUT2D eigenvalue weighted by Crippen LogP contribution is -2.19. The van der Waals surface area contributed by atoms with E-state index in [4.69, 9.17) is 17.3 Å². The molecule has 2 aromatic rings. The van der Waals surface area contributed by atoms with Crippen LogP contribution in [0.4, 0.5) is 0 Å². The number of hydrogen-bond donors (Lipinski definition) is 3. The predicted molar refractivity (Wildman–Crippen MR) is 74.4 cm³/mol. The Morgan fingerprint density at radius 1 is 1.42 bits per heavy atom. The zero-order valence-electron chi connectivity index (χ0n) is 10.4. The largest absolute Gasteiger partial charge is 0.493 e. The van der Waals surface area contributed by atoms with E-state index < -0.39 is 5.56 Å². The Bertz CT molecular complexity index is 637. The molecule has 1 aromatic carbocycles. The van der Waals surface area contributed by atoms with Crippen LogP contribution in [0.3, 0.4) is 0 Å². The minimum atomic E-state index is -0.398. The maximum atomic E-state index is 12.0. The van der Waals surface area contributed by atoms with E-state index in [0.29, 0.717) is 23.0 Å². The van der Waals surface area contributed by atoms with E-state index in [1.54, 1.807) is 24.3 Å². The Balaban J connectivity index is 2.54. The number of benzene rings is 1. The van der Waals surface area contributed by atoms with Crippen LogP contribution in [0.1, 0.15) is 18.7 Å². The normalized spacial score (nSPS) is 12.4. The molecule has 4 N–H and O–H groups in total. The van der Waals surface area contributed by atoms with Gasteiger partial charge in [0.1, 0.15) is 11.4 Å². The highest BCUT2D eigenvalue weighted by Crippen LogP contribution is 2.25. The molecule has 0 bridgehead atoms. The number of hydrogen-bond acceptors (Lipinski definition) is 4. The minimum Gasteiger partial charge on any atom is -0.493 e. The van der Waals surface area contributed by atoms with Gasteiger partial charge in [-0.05, 0) is 17.7 Å². The van der Waals surface area contributed by atoms with Crippen molar-refractivity contribution in [3.63, 3.8) is 0 Å². The number of rotatable bonds is 3. The SMILES string of the molecule is CC(CN)c1nc(O)c(-c2ccc(Cl)cc2)c(=O)[nH]1. The van der Waals surface area contributed by atoms with Gasteiger partial charge in [0.25, 0.3) is 5.56 Å². The molecular weight excluding hydrogens is 266 g/mol. The first-order valence-corrected chi connectivity index (χ1v) is 6.20. The van der Waals surface area contributed by atoms with Crippen LogP contribution < -0.4 is 11.3 Å². The fourth-order valence-electron chi connectivity index (χ4n) is 1.70. The summed E-state index contributed by atoms with van der Waals surface area (Å²) in [4.78, 5) is 18.7. The number of aromatic hydroxyl groups is 1. The van der Waals surface area contributed by atoms with E-state index in [-0.39, 0.29) is 17.4 Å². The van der Waals surface area contributed by atoms with E-state index in [9.17, 15) is 9.90 Å². The number of nitrogens with zero attached hydrogens (tertiary/aromatic N) is 1. The third-order valence-electron chi connectivity index (χ3n) is 2.87. The number of aromatic nitrogens is 2. The van der Waals surface area contributed by atoms with Gasteiger partial charge >= 0.3 is 0 Å². The molecule has 0 spiro atoms. The first-order valence-electron chi connectivity index (χ1n) is 5.82. The summed E-state index contributed by atoms with van der Waals surface area (Å²) in [5.41, 5.74) is 5.80. The third-order valence-corrected chi connectivity index (χ3v) is 3.12. The second-order valence-electron chi connectivity index (χ2n) is 4.29. The van der Waals surface area contributed by atoms with Crippen molar-refractivity contribution in [1.29, 1.82) is 0 Å². The first-order chi connectivity index (χ1) is 9.02. The van der Waals surface area contributed by atoms with Crippen molar-refractivity contribution in [2.24, 2.45) is 5.73 Å². The Hall–Kier alpha value is -1.85. The van der Waals surface area contributed by atoms with Crippen LogP contribution in [-0.2, 0) is 0 Å². The molecule has 5 nitrogen and oxygen atoms in total. The molecule has 2 rings (SSSR count). The number of nitrogens with two attached hydrogens (primary N) is 1. The van der Waals surface area contributed by atoms with Crippen LogP contribution in [0, 0.1) is 0 Å². The van der Waals surface area contributed by atoms with Gasteiger partial charge in [0.05, 0.1) is 0 Å². The van der Waals surface area contributed by atoms with Gasteiger partial charge < -0.3 is 15.8 Å². The van der Waals surface area contributed by atoms with Gasteiger partial charge in [-0.1, -0.05) is 30.7 Å². The molecule has 1 atom stereocenters. The highest BCUT2D eigenvalue weighted by Gasteiger charge is 2.15.